The first-order valence-corrected chi connectivity index (χ1v) is 43.4. The standard InChI is InChI=1S/C66H46N2Si.C49H31N3/c1-6-19-47(20-7-1)49-21-18-22-50(43-49)48-33-37-54(38-34-48)68-63-32-17-16-31-59(63)60-44-51(35-40-64(60)68)52-36-41-65-61(45-52)62-46-58(39-42-66(62)67(65)53-23-8-2-9-24-53)69(55-25-10-3-11-26-55,56-27-12-4-13-28-56)57-29-14-5-15-30-57;1-50-39-23-26-43-45-31-38(22-28-48(45)52(49(43)32-39)40-15-6-3-7-16-40)37-21-27-47-44(30-37)42-17-8-9-18-46(42)51(47)41-24-19-34(20-25-41)36-14-10-13-35(29-36)33-11-4-2-5-12-33/h1-46H;2-32H. The summed E-state index contributed by atoms with van der Waals surface area (Å²) in [6.07, 6.45) is 0. The molecular formula is C115H77N5Si. The van der Waals surface area contributed by atoms with Crippen LogP contribution in [0.5, 0.6) is 0 Å². The van der Waals surface area contributed by atoms with E-state index >= 15 is 0 Å². The summed E-state index contributed by atoms with van der Waals surface area (Å²) >= 11 is 0. The lowest BCUT2D eigenvalue weighted by molar-refractivity contribution is 1.18. The van der Waals surface area contributed by atoms with Gasteiger partial charge in [-0.25, -0.2) is 4.85 Å². The van der Waals surface area contributed by atoms with Gasteiger partial charge in [0.1, 0.15) is 0 Å². The molecule has 4 heterocycles. The van der Waals surface area contributed by atoms with Gasteiger partial charge in [0.05, 0.1) is 45.2 Å². The van der Waals surface area contributed by atoms with E-state index in [9.17, 15) is 0 Å². The fourth-order valence-corrected chi connectivity index (χ4v) is 23.7. The molecule has 0 saturated heterocycles. The second kappa shape index (κ2) is 30.3. The monoisotopic (exact) mass is 1560 g/mol. The van der Waals surface area contributed by atoms with Crippen LogP contribution in [0.1, 0.15) is 0 Å². The number of para-hydroxylation sites is 4. The summed E-state index contributed by atoms with van der Waals surface area (Å²) in [7, 11) is -2.78. The maximum atomic E-state index is 7.65. The second-order valence-corrected chi connectivity index (χ2v) is 35.2. The van der Waals surface area contributed by atoms with Gasteiger partial charge < -0.3 is 18.3 Å². The molecule has 0 aliphatic rings. The minimum Gasteiger partial charge on any atom is -0.311 e. The predicted octanol–water partition coefficient (Wildman–Crippen LogP) is 27.7. The van der Waals surface area contributed by atoms with Gasteiger partial charge in [-0.15, -0.1) is 0 Å². The fourth-order valence-electron chi connectivity index (χ4n) is 19.0. The third-order valence-electron chi connectivity index (χ3n) is 24.6. The van der Waals surface area contributed by atoms with Crippen LogP contribution in [0.25, 0.3) is 182 Å². The largest absolute Gasteiger partial charge is 0.311 e. The van der Waals surface area contributed by atoms with Gasteiger partial charge in [0.25, 0.3) is 0 Å². The molecule has 0 atom stereocenters. The van der Waals surface area contributed by atoms with Gasteiger partial charge in [0.15, 0.2) is 13.8 Å². The summed E-state index contributed by atoms with van der Waals surface area (Å²) < 4.78 is 9.51. The van der Waals surface area contributed by atoms with Crippen LogP contribution in [-0.4, -0.2) is 26.3 Å². The highest BCUT2D eigenvalue weighted by atomic mass is 28.3. The van der Waals surface area contributed by atoms with E-state index in [0.29, 0.717) is 5.69 Å². The van der Waals surface area contributed by atoms with Gasteiger partial charge in [-0.1, -0.05) is 334 Å². The van der Waals surface area contributed by atoms with Crippen LogP contribution in [0.4, 0.5) is 5.69 Å². The van der Waals surface area contributed by atoms with Crippen molar-refractivity contribution in [1.82, 2.24) is 18.3 Å². The van der Waals surface area contributed by atoms with E-state index in [1.54, 1.807) is 0 Å². The Hall–Kier alpha value is -15.9. The molecule has 0 saturated carbocycles. The smallest absolute Gasteiger partial charge is 0.189 e. The third-order valence-corrected chi connectivity index (χ3v) is 29.4. The van der Waals surface area contributed by atoms with Gasteiger partial charge in [-0.2, -0.15) is 0 Å². The first kappa shape index (κ1) is 71.6. The average molecular weight is 1560 g/mol. The van der Waals surface area contributed by atoms with Crippen molar-refractivity contribution >= 4 is 122 Å². The Morgan fingerprint density at radius 2 is 0.413 bits per heavy atom. The Balaban J connectivity index is 0.000000151. The lowest BCUT2D eigenvalue weighted by Crippen LogP contribution is -2.74. The SMILES string of the molecule is [C-]#[N+]c1ccc2c3cc(-c4ccc5c(c4)c4ccccc4n5-c4ccc(-c5cccc(-c6ccccc6)c5)cc4)ccc3n(-c3ccccc3)c2c1.c1ccc(-c2cccc(-c3ccc(-n4c5ccccc5c5cc(-c6ccc7c(c6)c6cc([Si](c8ccccc8)(c8ccccc8)c8ccccc8)ccc6n7-c6ccccc6)ccc54)cc3)c2)cc1. The maximum absolute atomic E-state index is 7.65. The Morgan fingerprint density at radius 3 is 0.785 bits per heavy atom. The summed E-state index contributed by atoms with van der Waals surface area (Å²) in [6, 6.07) is 170. The Kier molecular flexibility index (Phi) is 17.9. The molecule has 0 unspecified atom stereocenters. The topological polar surface area (TPSA) is 24.1 Å². The van der Waals surface area contributed by atoms with Crippen LogP contribution >= 0.6 is 0 Å². The number of benzene rings is 19. The molecule has 0 radical (unpaired) electrons. The summed E-state index contributed by atoms with van der Waals surface area (Å²) in [5, 5.41) is 15.2. The molecule has 0 fully saturated rings. The Labute approximate surface area is 703 Å². The fraction of sp³-hybridized carbons (Fsp3) is 0. The van der Waals surface area contributed by atoms with Crippen LogP contribution in [0, 0.1) is 6.57 Å². The number of hydrogen-bond donors (Lipinski definition) is 0. The van der Waals surface area contributed by atoms with E-state index in [4.69, 9.17) is 6.57 Å². The average Bonchev–Trinajstić information content (AvgIpc) is 1.24. The van der Waals surface area contributed by atoms with E-state index in [2.05, 4.69) is 472 Å². The molecule has 121 heavy (non-hydrogen) atoms. The summed E-state index contributed by atoms with van der Waals surface area (Å²) in [4.78, 5) is 3.73. The number of aromatic nitrogens is 4. The van der Waals surface area contributed by atoms with Crippen molar-refractivity contribution in [2.75, 3.05) is 0 Å². The molecule has 0 amide bonds. The zero-order valence-electron chi connectivity index (χ0n) is 66.2. The van der Waals surface area contributed by atoms with Crippen molar-refractivity contribution in [3.05, 3.63) is 479 Å². The minimum atomic E-state index is -2.78. The molecule has 0 aliphatic carbocycles. The van der Waals surface area contributed by atoms with Crippen molar-refractivity contribution in [1.29, 1.82) is 0 Å². The van der Waals surface area contributed by atoms with E-state index in [-0.39, 0.29) is 0 Å². The highest BCUT2D eigenvalue weighted by Gasteiger charge is 2.42. The van der Waals surface area contributed by atoms with Crippen molar-refractivity contribution < 1.29 is 0 Å². The third kappa shape index (κ3) is 12.5. The molecule has 0 spiro atoms. The molecule has 5 nitrogen and oxygen atoms in total. The van der Waals surface area contributed by atoms with Crippen LogP contribution in [0.3, 0.4) is 0 Å². The molecule has 566 valence electrons. The predicted molar refractivity (Wildman–Crippen MR) is 513 cm³/mol. The van der Waals surface area contributed by atoms with Crippen molar-refractivity contribution in [3.8, 4) is 89.5 Å². The van der Waals surface area contributed by atoms with E-state index in [1.165, 1.54) is 153 Å². The highest BCUT2D eigenvalue weighted by molar-refractivity contribution is 7.20. The first-order chi connectivity index (χ1) is 59.9. The van der Waals surface area contributed by atoms with Gasteiger partial charge in [0, 0.05) is 71.4 Å². The molecule has 0 aliphatic heterocycles. The van der Waals surface area contributed by atoms with Crippen LogP contribution in [-0.2, 0) is 0 Å². The molecule has 0 N–H and O–H groups in total. The molecular weight excluding hydrogens is 1480 g/mol. The number of rotatable bonds is 14. The van der Waals surface area contributed by atoms with Crippen LogP contribution in [0.15, 0.2) is 467 Å². The summed E-state index contributed by atoms with van der Waals surface area (Å²) in [5.74, 6) is 0. The van der Waals surface area contributed by atoms with Crippen LogP contribution < -0.4 is 20.7 Å². The second-order valence-electron chi connectivity index (χ2n) is 31.4. The zero-order chi connectivity index (χ0) is 80.3. The molecule has 6 heteroatoms. The minimum absolute atomic E-state index is 0.640. The van der Waals surface area contributed by atoms with E-state index < -0.39 is 8.07 Å². The number of nitrogens with zero attached hydrogens (tertiary/aromatic N) is 5. The summed E-state index contributed by atoms with van der Waals surface area (Å²) in [6.45, 7) is 7.65. The van der Waals surface area contributed by atoms with Gasteiger partial charge in [-0.3, -0.25) is 0 Å². The molecule has 23 rings (SSSR count). The van der Waals surface area contributed by atoms with E-state index in [0.717, 1.165) is 44.7 Å². The zero-order valence-corrected chi connectivity index (χ0v) is 67.2. The highest BCUT2D eigenvalue weighted by Crippen LogP contribution is 2.43. The normalized spacial score (nSPS) is 11.6. The Morgan fingerprint density at radius 1 is 0.157 bits per heavy atom. The lowest BCUT2D eigenvalue weighted by atomic mass is 9.99. The molecule has 4 aromatic heterocycles. The molecule has 19 aromatic carbocycles. The van der Waals surface area contributed by atoms with Gasteiger partial charge in [-0.05, 0) is 221 Å². The Bertz CT molecular complexity index is 7800. The van der Waals surface area contributed by atoms with Gasteiger partial charge in [0.2, 0.25) is 0 Å². The number of hydrogen-bond acceptors (Lipinski definition) is 0. The van der Waals surface area contributed by atoms with Gasteiger partial charge >= 0.3 is 0 Å². The quantitative estimate of drug-likeness (QED) is 0.0589. The lowest BCUT2D eigenvalue weighted by Gasteiger charge is -2.34. The summed E-state index contributed by atoms with van der Waals surface area (Å²) in [5.41, 5.74) is 28.9. The molecule has 23 aromatic rings. The molecule has 0 bridgehead atoms. The van der Waals surface area contributed by atoms with Crippen LogP contribution in [0.2, 0.25) is 0 Å². The van der Waals surface area contributed by atoms with Crippen molar-refractivity contribution in [3.63, 3.8) is 0 Å². The first-order valence-electron chi connectivity index (χ1n) is 41.4. The maximum Gasteiger partial charge on any atom is 0.189 e. The van der Waals surface area contributed by atoms with Crippen molar-refractivity contribution in [2.45, 2.75) is 0 Å². The van der Waals surface area contributed by atoms with E-state index in [1.807, 2.05) is 18.2 Å². The number of fused-ring (bicyclic) bond motifs is 12. The van der Waals surface area contributed by atoms with Crippen molar-refractivity contribution in [2.24, 2.45) is 0 Å².